The first kappa shape index (κ1) is 17.9. The summed E-state index contributed by atoms with van der Waals surface area (Å²) in [6, 6.07) is 7.65. The minimum Gasteiger partial charge on any atom is -0.334 e. The summed E-state index contributed by atoms with van der Waals surface area (Å²) in [4.78, 5) is 20.7. The van der Waals surface area contributed by atoms with Crippen molar-refractivity contribution in [1.82, 2.24) is 15.1 Å². The second kappa shape index (κ2) is 7.66. The first-order chi connectivity index (χ1) is 13.1. The van der Waals surface area contributed by atoms with E-state index in [1.807, 2.05) is 6.07 Å². The topological polar surface area (TPSA) is 80.9 Å². The van der Waals surface area contributed by atoms with E-state index >= 15 is 0 Å². The van der Waals surface area contributed by atoms with Crippen molar-refractivity contribution < 1.29 is 13.7 Å². The van der Waals surface area contributed by atoms with E-state index in [2.05, 4.69) is 20.4 Å². The van der Waals surface area contributed by atoms with E-state index in [0.29, 0.717) is 22.5 Å². The number of amides is 1. The number of carbonyl (C=O) groups excluding carboxylic acids is 1. The molecule has 0 radical (unpaired) electrons. The highest BCUT2D eigenvalue weighted by Gasteiger charge is 2.29. The van der Waals surface area contributed by atoms with Gasteiger partial charge in [0.1, 0.15) is 5.82 Å². The molecule has 0 saturated heterocycles. The molecular weight excluding hydrogens is 391 g/mol. The van der Waals surface area contributed by atoms with Crippen LogP contribution in [0.4, 0.5) is 10.1 Å². The summed E-state index contributed by atoms with van der Waals surface area (Å²) in [6.07, 6.45) is 3.86. The van der Waals surface area contributed by atoms with Gasteiger partial charge in [0.2, 0.25) is 5.91 Å². The van der Waals surface area contributed by atoms with Crippen LogP contribution in [-0.2, 0) is 4.79 Å². The van der Waals surface area contributed by atoms with E-state index in [-0.39, 0.29) is 16.7 Å². The Hall–Kier alpha value is -2.45. The number of benzene rings is 1. The second-order valence-corrected chi connectivity index (χ2v) is 7.49. The largest absolute Gasteiger partial charge is 0.334 e. The van der Waals surface area contributed by atoms with Crippen LogP contribution in [0.2, 0.25) is 5.02 Å². The zero-order valence-corrected chi connectivity index (χ0v) is 15.6. The summed E-state index contributed by atoms with van der Waals surface area (Å²) >= 11 is 6.98. The Morgan fingerprint density at radius 3 is 2.89 bits per heavy atom. The van der Waals surface area contributed by atoms with Crippen molar-refractivity contribution in [3.8, 4) is 11.5 Å². The third-order valence-electron chi connectivity index (χ3n) is 3.92. The highest BCUT2D eigenvalue weighted by atomic mass is 35.5. The molecule has 1 fully saturated rings. The summed E-state index contributed by atoms with van der Waals surface area (Å²) in [6.45, 7) is 0. The van der Waals surface area contributed by atoms with Crippen molar-refractivity contribution in [2.24, 2.45) is 0 Å². The molecule has 6 nitrogen and oxygen atoms in total. The zero-order valence-electron chi connectivity index (χ0n) is 14.0. The Morgan fingerprint density at radius 1 is 1.33 bits per heavy atom. The van der Waals surface area contributed by atoms with Gasteiger partial charge in [0.15, 0.2) is 5.82 Å². The van der Waals surface area contributed by atoms with Gasteiger partial charge in [0.05, 0.1) is 21.4 Å². The van der Waals surface area contributed by atoms with Crippen molar-refractivity contribution in [3.05, 3.63) is 53.2 Å². The molecule has 1 N–H and O–H groups in total. The number of carbonyl (C=O) groups is 1. The van der Waals surface area contributed by atoms with Gasteiger partial charge < -0.3 is 9.84 Å². The van der Waals surface area contributed by atoms with E-state index in [1.54, 1.807) is 12.3 Å². The van der Waals surface area contributed by atoms with Crippen molar-refractivity contribution >= 4 is 35.0 Å². The number of thioether (sulfide) groups is 1. The van der Waals surface area contributed by atoms with E-state index in [9.17, 15) is 9.18 Å². The summed E-state index contributed by atoms with van der Waals surface area (Å²) in [5, 5.41) is 7.30. The van der Waals surface area contributed by atoms with Gasteiger partial charge in [0.25, 0.3) is 5.89 Å². The molecule has 1 aliphatic rings. The van der Waals surface area contributed by atoms with Crippen LogP contribution in [0.25, 0.3) is 11.5 Å². The van der Waals surface area contributed by atoms with Crippen LogP contribution in [0, 0.1) is 5.82 Å². The van der Waals surface area contributed by atoms with Crippen LogP contribution in [0.5, 0.6) is 0 Å². The van der Waals surface area contributed by atoms with Gasteiger partial charge in [0, 0.05) is 17.8 Å². The Bertz CT molecular complexity index is 976. The molecule has 1 aromatic carbocycles. The number of aromatic nitrogens is 3. The molecule has 2 heterocycles. The number of hydrogen-bond acceptors (Lipinski definition) is 6. The van der Waals surface area contributed by atoms with Crippen molar-refractivity contribution in [1.29, 1.82) is 0 Å². The maximum atomic E-state index is 13.1. The Kier molecular flexibility index (Phi) is 5.09. The molecule has 0 atom stereocenters. The summed E-state index contributed by atoms with van der Waals surface area (Å²) < 4.78 is 18.4. The van der Waals surface area contributed by atoms with Gasteiger partial charge in [-0.25, -0.2) is 9.37 Å². The van der Waals surface area contributed by atoms with Crippen LogP contribution >= 0.6 is 23.4 Å². The number of nitrogens with zero attached hydrogens (tertiary/aromatic N) is 3. The number of pyridine rings is 1. The SMILES string of the molecule is O=C(CSc1ccc(-c2nc(C3CC3)no2)cn1)Nc1ccc(F)c(Cl)c1. The molecule has 0 unspecified atom stereocenters. The van der Waals surface area contributed by atoms with E-state index in [4.69, 9.17) is 16.1 Å². The highest BCUT2D eigenvalue weighted by molar-refractivity contribution is 7.99. The van der Waals surface area contributed by atoms with Crippen LogP contribution in [-0.4, -0.2) is 26.8 Å². The third-order valence-corrected chi connectivity index (χ3v) is 5.16. The van der Waals surface area contributed by atoms with Gasteiger partial charge >= 0.3 is 0 Å². The summed E-state index contributed by atoms with van der Waals surface area (Å²) in [5.74, 6) is 1.03. The molecule has 1 saturated carbocycles. The maximum Gasteiger partial charge on any atom is 0.259 e. The number of nitrogens with one attached hydrogen (secondary N) is 1. The lowest BCUT2D eigenvalue weighted by molar-refractivity contribution is -0.113. The molecule has 2 aromatic heterocycles. The van der Waals surface area contributed by atoms with Gasteiger partial charge in [-0.15, -0.1) is 0 Å². The number of rotatable bonds is 6. The van der Waals surface area contributed by atoms with E-state index < -0.39 is 5.82 Å². The predicted octanol–water partition coefficient (Wildman–Crippen LogP) is 4.53. The molecule has 1 amide bonds. The zero-order chi connectivity index (χ0) is 18.8. The quantitative estimate of drug-likeness (QED) is 0.608. The van der Waals surface area contributed by atoms with Crippen LogP contribution < -0.4 is 5.32 Å². The molecule has 1 aliphatic carbocycles. The smallest absolute Gasteiger partial charge is 0.259 e. The van der Waals surface area contributed by atoms with Gasteiger partial charge in [-0.05, 0) is 43.2 Å². The van der Waals surface area contributed by atoms with Crippen LogP contribution in [0.1, 0.15) is 24.6 Å². The van der Waals surface area contributed by atoms with E-state index in [0.717, 1.165) is 24.2 Å². The first-order valence-corrected chi connectivity index (χ1v) is 9.62. The standard InChI is InChI=1S/C18H14ClFN4O2S/c19-13-7-12(4-5-14(13)20)22-15(25)9-27-16-6-3-11(8-21-16)18-23-17(24-26-18)10-1-2-10/h3-8,10H,1-2,9H2,(H,22,25). The fourth-order valence-electron chi connectivity index (χ4n) is 2.36. The molecule has 0 bridgehead atoms. The molecule has 0 aliphatic heterocycles. The monoisotopic (exact) mass is 404 g/mol. The van der Waals surface area contributed by atoms with Crippen LogP contribution in [0.15, 0.2) is 46.1 Å². The van der Waals surface area contributed by atoms with Gasteiger partial charge in [-0.3, -0.25) is 4.79 Å². The average molecular weight is 405 g/mol. The van der Waals surface area contributed by atoms with Gasteiger partial charge in [-0.2, -0.15) is 4.98 Å². The molecule has 138 valence electrons. The third kappa shape index (κ3) is 4.45. The molecule has 0 spiro atoms. The second-order valence-electron chi connectivity index (χ2n) is 6.08. The minimum absolute atomic E-state index is 0.0384. The predicted molar refractivity (Wildman–Crippen MR) is 100 cm³/mol. The van der Waals surface area contributed by atoms with Crippen molar-refractivity contribution in [2.45, 2.75) is 23.8 Å². The molecule has 4 rings (SSSR count). The maximum absolute atomic E-state index is 13.1. The molecule has 3 aromatic rings. The summed E-state index contributed by atoms with van der Waals surface area (Å²) in [5.41, 5.74) is 1.18. The lowest BCUT2D eigenvalue weighted by Gasteiger charge is -2.06. The Labute approximate surface area is 163 Å². The van der Waals surface area contributed by atoms with Crippen molar-refractivity contribution in [3.63, 3.8) is 0 Å². The number of hydrogen-bond donors (Lipinski definition) is 1. The number of anilines is 1. The first-order valence-electron chi connectivity index (χ1n) is 8.26. The van der Waals surface area contributed by atoms with Crippen LogP contribution in [0.3, 0.4) is 0 Å². The lowest BCUT2D eigenvalue weighted by Crippen LogP contribution is -2.14. The fourth-order valence-corrected chi connectivity index (χ4v) is 3.19. The summed E-state index contributed by atoms with van der Waals surface area (Å²) in [7, 11) is 0. The van der Waals surface area contributed by atoms with E-state index in [1.165, 1.54) is 30.0 Å². The highest BCUT2D eigenvalue weighted by Crippen LogP contribution is 2.38. The van der Waals surface area contributed by atoms with Crippen molar-refractivity contribution in [2.75, 3.05) is 11.1 Å². The number of halogens is 2. The minimum atomic E-state index is -0.529. The molecule has 9 heteroatoms. The molecular formula is C18H14ClFN4O2S. The Morgan fingerprint density at radius 2 is 2.19 bits per heavy atom. The Balaban J connectivity index is 1.32. The fraction of sp³-hybridized carbons (Fsp3) is 0.222. The molecule has 27 heavy (non-hydrogen) atoms. The lowest BCUT2D eigenvalue weighted by atomic mass is 10.3. The normalized spacial score (nSPS) is 13.6. The average Bonchev–Trinajstić information content (AvgIpc) is 3.40. The van der Waals surface area contributed by atoms with Gasteiger partial charge in [-0.1, -0.05) is 28.5 Å².